The van der Waals surface area contributed by atoms with Crippen LogP contribution in [-0.2, 0) is 4.74 Å². The molecular weight excluding hydrogens is 312 g/mol. The van der Waals surface area contributed by atoms with Gasteiger partial charge in [0.15, 0.2) is 0 Å². The molecule has 1 aliphatic heterocycles. The van der Waals surface area contributed by atoms with Gasteiger partial charge in [0, 0.05) is 15.1 Å². The lowest BCUT2D eigenvalue weighted by atomic mass is 10.1. The lowest BCUT2D eigenvalue weighted by molar-refractivity contribution is 0.0766. The smallest absolute Gasteiger partial charge is 0.0662 e. The maximum atomic E-state index is 5.90. The predicted molar refractivity (Wildman–Crippen MR) is 65.7 cm³/mol. The van der Waals surface area contributed by atoms with E-state index in [4.69, 9.17) is 16.3 Å². The molecule has 1 fully saturated rings. The highest BCUT2D eigenvalue weighted by atomic mass is 127. The van der Waals surface area contributed by atoms with E-state index in [9.17, 15) is 0 Å². The molecule has 1 aliphatic rings. The lowest BCUT2D eigenvalue weighted by Crippen LogP contribution is -2.34. The summed E-state index contributed by atoms with van der Waals surface area (Å²) in [6.07, 6.45) is 0. The summed E-state index contributed by atoms with van der Waals surface area (Å²) in [5.41, 5.74) is 1.27. The van der Waals surface area contributed by atoms with Crippen LogP contribution in [0.4, 0.5) is 0 Å². The molecule has 1 aromatic carbocycles. The van der Waals surface area contributed by atoms with Gasteiger partial charge >= 0.3 is 0 Å². The summed E-state index contributed by atoms with van der Waals surface area (Å²) in [6, 6.07) is 6.28. The molecule has 14 heavy (non-hydrogen) atoms. The average molecular weight is 324 g/mol. The minimum atomic E-state index is 0.313. The van der Waals surface area contributed by atoms with E-state index in [1.165, 1.54) is 9.13 Å². The molecule has 76 valence electrons. The van der Waals surface area contributed by atoms with E-state index in [0.717, 1.165) is 24.8 Å². The van der Waals surface area contributed by atoms with E-state index < -0.39 is 0 Å². The zero-order valence-electron chi connectivity index (χ0n) is 7.59. The molecule has 0 spiro atoms. The fourth-order valence-corrected chi connectivity index (χ4v) is 2.80. The van der Waals surface area contributed by atoms with Gasteiger partial charge in [0.25, 0.3) is 0 Å². The largest absolute Gasteiger partial charge is 0.378 e. The molecule has 4 heteroatoms. The van der Waals surface area contributed by atoms with Crippen molar-refractivity contribution >= 4 is 34.2 Å². The predicted octanol–water partition coefficient (Wildman–Crippen LogP) is 2.61. The third-order valence-electron chi connectivity index (χ3n) is 2.26. The molecule has 2 nitrogen and oxygen atoms in total. The molecule has 0 radical (unpaired) electrons. The number of nitrogens with one attached hydrogen (secondary N) is 1. The Bertz CT molecular complexity index is 326. The molecule has 0 bridgehead atoms. The van der Waals surface area contributed by atoms with Crippen LogP contribution in [-0.4, -0.2) is 19.8 Å². The highest BCUT2D eigenvalue weighted by molar-refractivity contribution is 14.1. The summed E-state index contributed by atoms with van der Waals surface area (Å²) in [7, 11) is 0. The summed E-state index contributed by atoms with van der Waals surface area (Å²) >= 11 is 8.21. The van der Waals surface area contributed by atoms with E-state index in [-0.39, 0.29) is 0 Å². The Morgan fingerprint density at radius 2 is 2.36 bits per heavy atom. The van der Waals surface area contributed by atoms with Crippen LogP contribution in [0.3, 0.4) is 0 Å². The van der Waals surface area contributed by atoms with E-state index >= 15 is 0 Å². The number of benzene rings is 1. The second-order valence-electron chi connectivity index (χ2n) is 3.25. The van der Waals surface area contributed by atoms with Crippen molar-refractivity contribution in [1.29, 1.82) is 0 Å². The Kier molecular flexibility index (Phi) is 3.65. The van der Waals surface area contributed by atoms with Gasteiger partial charge in [-0.25, -0.2) is 0 Å². The highest BCUT2D eigenvalue weighted by Gasteiger charge is 2.17. The highest BCUT2D eigenvalue weighted by Crippen LogP contribution is 2.24. The topological polar surface area (TPSA) is 21.3 Å². The summed E-state index contributed by atoms with van der Waals surface area (Å²) in [6.45, 7) is 2.47. The summed E-state index contributed by atoms with van der Waals surface area (Å²) < 4.78 is 6.62. The van der Waals surface area contributed by atoms with Gasteiger partial charge in [0.2, 0.25) is 0 Å². The number of morpholine rings is 1. The third kappa shape index (κ3) is 2.39. The normalized spacial score (nSPS) is 22.3. The van der Waals surface area contributed by atoms with Gasteiger partial charge in [-0.05, 0) is 40.3 Å². The van der Waals surface area contributed by atoms with Crippen LogP contribution >= 0.6 is 34.2 Å². The molecule has 0 aliphatic carbocycles. The zero-order chi connectivity index (χ0) is 9.97. The molecule has 0 amide bonds. The quantitative estimate of drug-likeness (QED) is 0.802. The van der Waals surface area contributed by atoms with Crippen molar-refractivity contribution in [2.45, 2.75) is 6.04 Å². The fourth-order valence-electron chi connectivity index (χ4n) is 1.55. The lowest BCUT2D eigenvalue weighted by Gasteiger charge is -2.25. The average Bonchev–Trinajstić information content (AvgIpc) is 2.19. The molecular formula is C10H11ClINO. The van der Waals surface area contributed by atoms with E-state index in [1.54, 1.807) is 0 Å². The Hall–Kier alpha value is 0.160. The number of hydrogen-bond donors (Lipinski definition) is 1. The molecule has 1 N–H and O–H groups in total. The van der Waals surface area contributed by atoms with Gasteiger partial charge < -0.3 is 10.1 Å². The molecule has 2 rings (SSSR count). The number of halogens is 2. The maximum absolute atomic E-state index is 5.90. The summed E-state index contributed by atoms with van der Waals surface area (Å²) in [5.74, 6) is 0. The minimum Gasteiger partial charge on any atom is -0.378 e. The third-order valence-corrected chi connectivity index (χ3v) is 3.43. The van der Waals surface area contributed by atoms with Gasteiger partial charge in [-0.3, -0.25) is 0 Å². The van der Waals surface area contributed by atoms with Crippen LogP contribution in [0.25, 0.3) is 0 Å². The Balaban J connectivity index is 2.22. The van der Waals surface area contributed by atoms with Gasteiger partial charge in [0.05, 0.1) is 19.3 Å². The van der Waals surface area contributed by atoms with Crippen molar-refractivity contribution < 1.29 is 4.74 Å². The first-order valence-electron chi connectivity index (χ1n) is 4.53. The van der Waals surface area contributed by atoms with Crippen molar-refractivity contribution in [2.24, 2.45) is 0 Å². The van der Waals surface area contributed by atoms with Crippen molar-refractivity contribution in [3.05, 3.63) is 32.4 Å². The molecule has 1 atom stereocenters. The molecule has 1 aromatic rings. The van der Waals surface area contributed by atoms with E-state index in [0.29, 0.717) is 6.04 Å². The second-order valence-corrected chi connectivity index (χ2v) is 4.85. The molecule has 0 saturated carbocycles. The van der Waals surface area contributed by atoms with Crippen LogP contribution in [0, 0.1) is 3.57 Å². The summed E-state index contributed by atoms with van der Waals surface area (Å²) in [4.78, 5) is 0. The van der Waals surface area contributed by atoms with Crippen LogP contribution in [0.15, 0.2) is 18.2 Å². The first-order chi connectivity index (χ1) is 6.77. The summed E-state index contributed by atoms with van der Waals surface area (Å²) in [5, 5.41) is 4.21. The fraction of sp³-hybridized carbons (Fsp3) is 0.400. The Labute approximate surface area is 102 Å². The molecule has 1 saturated heterocycles. The van der Waals surface area contributed by atoms with E-state index in [1.807, 2.05) is 12.1 Å². The van der Waals surface area contributed by atoms with Gasteiger partial charge in [-0.1, -0.05) is 17.7 Å². The Morgan fingerprint density at radius 1 is 1.50 bits per heavy atom. The monoisotopic (exact) mass is 323 g/mol. The Morgan fingerprint density at radius 3 is 3.00 bits per heavy atom. The zero-order valence-corrected chi connectivity index (χ0v) is 10.5. The van der Waals surface area contributed by atoms with Crippen molar-refractivity contribution in [1.82, 2.24) is 5.32 Å². The molecule has 1 unspecified atom stereocenters. The van der Waals surface area contributed by atoms with Crippen molar-refractivity contribution in [3.63, 3.8) is 0 Å². The van der Waals surface area contributed by atoms with Crippen molar-refractivity contribution in [3.8, 4) is 0 Å². The first-order valence-corrected chi connectivity index (χ1v) is 5.99. The van der Waals surface area contributed by atoms with Crippen molar-refractivity contribution in [2.75, 3.05) is 19.8 Å². The van der Waals surface area contributed by atoms with Crippen LogP contribution < -0.4 is 5.32 Å². The van der Waals surface area contributed by atoms with Gasteiger partial charge in [-0.2, -0.15) is 0 Å². The van der Waals surface area contributed by atoms with Gasteiger partial charge in [0.1, 0.15) is 0 Å². The first kappa shape index (κ1) is 10.7. The molecule has 0 aromatic heterocycles. The minimum absolute atomic E-state index is 0.313. The number of ether oxygens (including phenoxy) is 1. The van der Waals surface area contributed by atoms with Crippen LogP contribution in [0.1, 0.15) is 11.6 Å². The number of hydrogen-bond acceptors (Lipinski definition) is 2. The van der Waals surface area contributed by atoms with Crippen LogP contribution in [0.5, 0.6) is 0 Å². The van der Waals surface area contributed by atoms with Crippen LogP contribution in [0.2, 0.25) is 5.02 Å². The number of rotatable bonds is 1. The molecule has 1 heterocycles. The SMILES string of the molecule is Clc1ccc(C2COCCN2)c(I)c1. The van der Waals surface area contributed by atoms with Gasteiger partial charge in [-0.15, -0.1) is 0 Å². The standard InChI is InChI=1S/C10H11ClINO/c11-7-1-2-8(9(12)5-7)10-6-14-4-3-13-10/h1-2,5,10,13H,3-4,6H2. The second kappa shape index (κ2) is 4.79. The van der Waals surface area contributed by atoms with E-state index in [2.05, 4.69) is 34.0 Å². The maximum Gasteiger partial charge on any atom is 0.0662 e.